The zero-order valence-corrected chi connectivity index (χ0v) is 10.9. The summed E-state index contributed by atoms with van der Waals surface area (Å²) in [5.41, 5.74) is 0.709. The van der Waals surface area contributed by atoms with Crippen molar-refractivity contribution in [1.82, 2.24) is 4.90 Å². The first kappa shape index (κ1) is 13.2. The van der Waals surface area contributed by atoms with Gasteiger partial charge >= 0.3 is 5.97 Å². The smallest absolute Gasteiger partial charge is 0.306 e. The predicted octanol–water partition coefficient (Wildman–Crippen LogP) is 2.20. The first-order chi connectivity index (χ1) is 8.49. The third-order valence-electron chi connectivity index (χ3n) is 3.56. The molecule has 1 atom stereocenters. The van der Waals surface area contributed by atoms with Crippen molar-refractivity contribution in [2.45, 2.75) is 13.5 Å². The largest absolute Gasteiger partial charge is 0.508 e. The van der Waals surface area contributed by atoms with Crippen molar-refractivity contribution in [3.63, 3.8) is 0 Å². The van der Waals surface area contributed by atoms with Crippen molar-refractivity contribution >= 4 is 17.6 Å². The van der Waals surface area contributed by atoms with Crippen LogP contribution < -0.4 is 0 Å². The molecule has 1 fully saturated rings. The van der Waals surface area contributed by atoms with E-state index < -0.39 is 5.97 Å². The molecule has 0 saturated carbocycles. The second kappa shape index (κ2) is 5.16. The average molecular weight is 270 g/mol. The highest BCUT2D eigenvalue weighted by atomic mass is 35.5. The van der Waals surface area contributed by atoms with Gasteiger partial charge in [-0.05, 0) is 18.1 Å². The van der Waals surface area contributed by atoms with Gasteiger partial charge in [0, 0.05) is 30.2 Å². The Kier molecular flexibility index (Phi) is 3.78. The molecular formula is C13H16ClNO3. The fraction of sp³-hybridized carbons (Fsp3) is 0.462. The number of benzene rings is 1. The summed E-state index contributed by atoms with van der Waals surface area (Å²) in [4.78, 5) is 12.9. The summed E-state index contributed by atoms with van der Waals surface area (Å²) >= 11 is 6.02. The molecule has 0 radical (unpaired) electrons. The van der Waals surface area contributed by atoms with Crippen molar-refractivity contribution in [3.05, 3.63) is 28.8 Å². The molecule has 1 heterocycles. The lowest BCUT2D eigenvalue weighted by Crippen LogP contribution is -2.50. The standard InChI is InChI=1S/C13H16ClNO3/c1-8(13(17)18)9-5-15(6-9)7-10-11(14)3-2-4-12(10)16/h2-4,8-9,16H,5-7H2,1H3,(H,17,18). The van der Waals surface area contributed by atoms with Crippen LogP contribution in [0, 0.1) is 11.8 Å². The van der Waals surface area contributed by atoms with Gasteiger partial charge in [0.05, 0.1) is 5.92 Å². The number of likely N-dealkylation sites (tertiary alicyclic amines) is 1. The second-order valence-corrected chi connectivity index (χ2v) is 5.23. The number of rotatable bonds is 4. The molecule has 1 aliphatic rings. The molecule has 0 bridgehead atoms. The van der Waals surface area contributed by atoms with Gasteiger partial charge in [-0.3, -0.25) is 9.69 Å². The van der Waals surface area contributed by atoms with Crippen LogP contribution in [0.3, 0.4) is 0 Å². The minimum Gasteiger partial charge on any atom is -0.508 e. The molecule has 1 aromatic rings. The molecule has 1 saturated heterocycles. The predicted molar refractivity (Wildman–Crippen MR) is 68.7 cm³/mol. The van der Waals surface area contributed by atoms with Gasteiger partial charge in [-0.25, -0.2) is 0 Å². The third kappa shape index (κ3) is 2.60. The molecule has 0 amide bonds. The molecule has 2 N–H and O–H groups in total. The highest BCUT2D eigenvalue weighted by molar-refractivity contribution is 6.31. The van der Waals surface area contributed by atoms with Crippen LogP contribution in [0.5, 0.6) is 5.75 Å². The highest BCUT2D eigenvalue weighted by Gasteiger charge is 2.34. The molecule has 4 nitrogen and oxygen atoms in total. The number of aliphatic carboxylic acids is 1. The van der Waals surface area contributed by atoms with E-state index in [4.69, 9.17) is 16.7 Å². The van der Waals surface area contributed by atoms with E-state index in [1.54, 1.807) is 25.1 Å². The van der Waals surface area contributed by atoms with Crippen molar-refractivity contribution < 1.29 is 15.0 Å². The van der Waals surface area contributed by atoms with E-state index in [-0.39, 0.29) is 17.6 Å². The third-order valence-corrected chi connectivity index (χ3v) is 3.91. The SMILES string of the molecule is CC(C(=O)O)C1CN(Cc2c(O)cccc2Cl)C1. The number of nitrogens with zero attached hydrogens (tertiary/aromatic N) is 1. The van der Waals surface area contributed by atoms with E-state index in [2.05, 4.69) is 4.90 Å². The van der Waals surface area contributed by atoms with Gasteiger partial charge < -0.3 is 10.2 Å². The van der Waals surface area contributed by atoms with Crippen LogP contribution in [0.2, 0.25) is 5.02 Å². The molecular weight excluding hydrogens is 254 g/mol. The van der Waals surface area contributed by atoms with Crippen LogP contribution in [0.25, 0.3) is 0 Å². The topological polar surface area (TPSA) is 60.8 Å². The van der Waals surface area contributed by atoms with Crippen LogP contribution >= 0.6 is 11.6 Å². The number of phenols is 1. The summed E-state index contributed by atoms with van der Waals surface area (Å²) in [6.07, 6.45) is 0. The first-order valence-corrected chi connectivity index (χ1v) is 6.28. The molecule has 1 aromatic carbocycles. The maximum absolute atomic E-state index is 10.8. The maximum Gasteiger partial charge on any atom is 0.306 e. The zero-order chi connectivity index (χ0) is 13.3. The maximum atomic E-state index is 10.8. The number of carboxylic acid groups (broad SMARTS) is 1. The lowest BCUT2D eigenvalue weighted by molar-refractivity contribution is -0.145. The minimum absolute atomic E-state index is 0.187. The van der Waals surface area contributed by atoms with Crippen LogP contribution in [-0.4, -0.2) is 34.2 Å². The van der Waals surface area contributed by atoms with Gasteiger partial charge in [-0.15, -0.1) is 0 Å². The van der Waals surface area contributed by atoms with E-state index >= 15 is 0 Å². The van der Waals surface area contributed by atoms with E-state index in [9.17, 15) is 9.90 Å². The molecule has 98 valence electrons. The number of carbonyl (C=O) groups is 1. The van der Waals surface area contributed by atoms with Crippen LogP contribution in [0.4, 0.5) is 0 Å². The van der Waals surface area contributed by atoms with Gasteiger partial charge in [0.15, 0.2) is 0 Å². The summed E-state index contributed by atoms with van der Waals surface area (Å²) in [5.74, 6) is -0.689. The Labute approximate surface area is 111 Å². The van der Waals surface area contributed by atoms with Gasteiger partial charge in [-0.2, -0.15) is 0 Å². The first-order valence-electron chi connectivity index (χ1n) is 5.90. The summed E-state index contributed by atoms with van der Waals surface area (Å²) in [5, 5.41) is 19.2. The molecule has 0 aromatic heterocycles. The summed E-state index contributed by atoms with van der Waals surface area (Å²) in [6.45, 7) is 3.77. The number of halogens is 1. The normalized spacial score (nSPS) is 18.3. The van der Waals surface area contributed by atoms with E-state index in [0.29, 0.717) is 17.1 Å². The lowest BCUT2D eigenvalue weighted by Gasteiger charge is -2.41. The number of carboxylic acids is 1. The monoisotopic (exact) mass is 269 g/mol. The fourth-order valence-corrected chi connectivity index (χ4v) is 2.41. The Balaban J connectivity index is 1.93. The molecule has 0 aliphatic carbocycles. The summed E-state index contributed by atoms with van der Waals surface area (Å²) in [6, 6.07) is 5.05. The summed E-state index contributed by atoms with van der Waals surface area (Å²) in [7, 11) is 0. The Morgan fingerprint density at radius 3 is 2.78 bits per heavy atom. The summed E-state index contributed by atoms with van der Waals surface area (Å²) < 4.78 is 0. The minimum atomic E-state index is -0.750. The van der Waals surface area contributed by atoms with E-state index in [1.807, 2.05) is 0 Å². The Morgan fingerprint density at radius 1 is 1.56 bits per heavy atom. The number of aromatic hydroxyl groups is 1. The van der Waals surface area contributed by atoms with Crippen LogP contribution in [0.1, 0.15) is 12.5 Å². The fourth-order valence-electron chi connectivity index (χ4n) is 2.18. The van der Waals surface area contributed by atoms with Gasteiger partial charge in [0.1, 0.15) is 5.75 Å². The molecule has 1 unspecified atom stereocenters. The van der Waals surface area contributed by atoms with E-state index in [0.717, 1.165) is 13.1 Å². The van der Waals surface area contributed by atoms with Gasteiger partial charge in [-0.1, -0.05) is 24.6 Å². The Hall–Kier alpha value is -1.26. The van der Waals surface area contributed by atoms with Gasteiger partial charge in [0.2, 0.25) is 0 Å². The molecule has 5 heteroatoms. The number of hydrogen-bond donors (Lipinski definition) is 2. The van der Waals surface area contributed by atoms with Crippen LogP contribution in [-0.2, 0) is 11.3 Å². The number of hydrogen-bond acceptors (Lipinski definition) is 3. The zero-order valence-electron chi connectivity index (χ0n) is 10.1. The van der Waals surface area contributed by atoms with Crippen molar-refractivity contribution in [1.29, 1.82) is 0 Å². The molecule has 0 spiro atoms. The lowest BCUT2D eigenvalue weighted by atomic mass is 9.87. The molecule has 2 rings (SSSR count). The van der Waals surface area contributed by atoms with E-state index in [1.165, 1.54) is 0 Å². The van der Waals surface area contributed by atoms with Crippen LogP contribution in [0.15, 0.2) is 18.2 Å². The highest BCUT2D eigenvalue weighted by Crippen LogP contribution is 2.31. The Morgan fingerprint density at radius 2 is 2.22 bits per heavy atom. The average Bonchev–Trinajstić information content (AvgIpc) is 2.25. The molecule has 18 heavy (non-hydrogen) atoms. The molecule has 1 aliphatic heterocycles. The second-order valence-electron chi connectivity index (χ2n) is 4.82. The van der Waals surface area contributed by atoms with Crippen molar-refractivity contribution in [3.8, 4) is 5.75 Å². The van der Waals surface area contributed by atoms with Gasteiger partial charge in [0.25, 0.3) is 0 Å². The van der Waals surface area contributed by atoms with Crippen molar-refractivity contribution in [2.75, 3.05) is 13.1 Å². The van der Waals surface area contributed by atoms with Crippen molar-refractivity contribution in [2.24, 2.45) is 11.8 Å². The Bertz CT molecular complexity index is 437. The quantitative estimate of drug-likeness (QED) is 0.880. The number of phenolic OH excluding ortho intramolecular Hbond substituents is 1.